The van der Waals surface area contributed by atoms with Gasteiger partial charge in [-0.1, -0.05) is 15.9 Å². The molecule has 0 saturated carbocycles. The summed E-state index contributed by atoms with van der Waals surface area (Å²) < 4.78 is 18.5. The van der Waals surface area contributed by atoms with Gasteiger partial charge in [0.25, 0.3) is 5.91 Å². The van der Waals surface area contributed by atoms with Crippen molar-refractivity contribution in [3.63, 3.8) is 0 Å². The first kappa shape index (κ1) is 20.6. The van der Waals surface area contributed by atoms with Crippen molar-refractivity contribution in [3.05, 3.63) is 58.8 Å². The van der Waals surface area contributed by atoms with Gasteiger partial charge in [0.15, 0.2) is 6.61 Å². The highest BCUT2D eigenvalue weighted by Gasteiger charge is 2.10. The zero-order valence-corrected chi connectivity index (χ0v) is 15.9. The van der Waals surface area contributed by atoms with Crippen LogP contribution in [0.4, 0.5) is 15.8 Å². The lowest BCUT2D eigenvalue weighted by atomic mass is 10.2. The van der Waals surface area contributed by atoms with Crippen molar-refractivity contribution in [3.8, 4) is 0 Å². The molecule has 142 valence electrons. The molecular formula is C19H18BrFN2O4. The van der Waals surface area contributed by atoms with E-state index in [1.54, 1.807) is 12.1 Å². The average Bonchev–Trinajstić information content (AvgIpc) is 2.64. The molecule has 2 aromatic rings. The van der Waals surface area contributed by atoms with Gasteiger partial charge in [0.2, 0.25) is 5.91 Å². The number of anilines is 2. The third-order valence-electron chi connectivity index (χ3n) is 3.40. The number of nitrogens with one attached hydrogen (secondary N) is 2. The second-order valence-corrected chi connectivity index (χ2v) is 6.54. The Kier molecular flexibility index (Phi) is 7.94. The van der Waals surface area contributed by atoms with Crippen LogP contribution in [0.25, 0.3) is 0 Å². The van der Waals surface area contributed by atoms with Crippen molar-refractivity contribution < 1.29 is 23.5 Å². The summed E-state index contributed by atoms with van der Waals surface area (Å²) in [6.07, 6.45) is 0.491. The Labute approximate surface area is 164 Å². The van der Waals surface area contributed by atoms with Crippen LogP contribution in [-0.2, 0) is 19.1 Å². The van der Waals surface area contributed by atoms with E-state index in [1.165, 1.54) is 24.3 Å². The third-order valence-corrected chi connectivity index (χ3v) is 3.93. The third kappa shape index (κ3) is 8.00. The van der Waals surface area contributed by atoms with Gasteiger partial charge in [0.1, 0.15) is 5.82 Å². The smallest absolute Gasteiger partial charge is 0.306 e. The fraction of sp³-hybridized carbons (Fsp3) is 0.211. The molecule has 6 nitrogen and oxygen atoms in total. The fourth-order valence-corrected chi connectivity index (χ4v) is 2.36. The predicted molar refractivity (Wildman–Crippen MR) is 103 cm³/mol. The number of halogens is 2. The molecule has 2 rings (SSSR count). The highest BCUT2D eigenvalue weighted by Crippen LogP contribution is 2.14. The van der Waals surface area contributed by atoms with Crippen LogP contribution in [0.5, 0.6) is 0 Å². The van der Waals surface area contributed by atoms with Crippen LogP contribution in [-0.4, -0.2) is 24.4 Å². The number of rotatable bonds is 8. The number of carbonyl (C=O) groups excluding carboxylic acids is 3. The van der Waals surface area contributed by atoms with Gasteiger partial charge in [-0.2, -0.15) is 0 Å². The monoisotopic (exact) mass is 436 g/mol. The minimum absolute atomic E-state index is 0.0254. The molecular weight excluding hydrogens is 419 g/mol. The normalized spacial score (nSPS) is 10.1. The van der Waals surface area contributed by atoms with E-state index in [-0.39, 0.29) is 18.7 Å². The summed E-state index contributed by atoms with van der Waals surface area (Å²) in [4.78, 5) is 35.1. The van der Waals surface area contributed by atoms with Crippen molar-refractivity contribution in [2.45, 2.75) is 19.3 Å². The largest absolute Gasteiger partial charge is 0.456 e. The van der Waals surface area contributed by atoms with Crippen LogP contribution in [0.2, 0.25) is 0 Å². The Bertz CT molecular complexity index is 794. The summed E-state index contributed by atoms with van der Waals surface area (Å²) in [5, 5.41) is 5.20. The zero-order valence-electron chi connectivity index (χ0n) is 14.3. The van der Waals surface area contributed by atoms with Crippen molar-refractivity contribution >= 4 is 45.1 Å². The summed E-state index contributed by atoms with van der Waals surface area (Å²) in [5.41, 5.74) is 1.07. The summed E-state index contributed by atoms with van der Waals surface area (Å²) in [7, 11) is 0. The quantitative estimate of drug-likeness (QED) is 0.614. The van der Waals surface area contributed by atoms with Crippen LogP contribution in [0.3, 0.4) is 0 Å². The number of hydrogen-bond donors (Lipinski definition) is 2. The molecule has 0 aromatic heterocycles. The van der Waals surface area contributed by atoms with Crippen LogP contribution >= 0.6 is 15.9 Å². The predicted octanol–water partition coefficient (Wildman–Crippen LogP) is 3.88. The highest BCUT2D eigenvalue weighted by atomic mass is 79.9. The van der Waals surface area contributed by atoms with E-state index in [0.717, 1.165) is 4.47 Å². The van der Waals surface area contributed by atoms with Crippen LogP contribution in [0.1, 0.15) is 19.3 Å². The molecule has 2 N–H and O–H groups in total. The van der Waals surface area contributed by atoms with Gasteiger partial charge in [-0.25, -0.2) is 4.39 Å². The molecule has 2 amide bonds. The number of carbonyl (C=O) groups is 3. The van der Waals surface area contributed by atoms with Gasteiger partial charge in [-0.15, -0.1) is 0 Å². The van der Waals surface area contributed by atoms with Crippen LogP contribution in [0, 0.1) is 5.82 Å². The lowest BCUT2D eigenvalue weighted by Gasteiger charge is -2.07. The topological polar surface area (TPSA) is 84.5 Å². The van der Waals surface area contributed by atoms with E-state index in [0.29, 0.717) is 17.8 Å². The maximum Gasteiger partial charge on any atom is 0.306 e. The van der Waals surface area contributed by atoms with Gasteiger partial charge in [0.05, 0.1) is 0 Å². The lowest BCUT2D eigenvalue weighted by molar-refractivity contribution is -0.147. The van der Waals surface area contributed by atoms with Crippen molar-refractivity contribution in [2.75, 3.05) is 17.2 Å². The number of esters is 1. The summed E-state index contributed by atoms with van der Waals surface area (Å²) in [6.45, 7) is -0.443. The zero-order chi connectivity index (χ0) is 19.6. The number of ether oxygens (including phenoxy) is 1. The minimum Gasteiger partial charge on any atom is -0.456 e. The standard InChI is InChI=1S/C19H18BrFN2O4/c20-13-4-8-15(9-5-13)22-17(24)2-1-3-19(26)27-12-18(25)23-16-10-6-14(21)7-11-16/h4-11H,1-3,12H2,(H,22,24)(H,23,25). The molecule has 0 aliphatic carbocycles. The van der Waals surface area contributed by atoms with Crippen molar-refractivity contribution in [1.82, 2.24) is 0 Å². The molecule has 0 saturated heterocycles. The minimum atomic E-state index is -0.569. The molecule has 27 heavy (non-hydrogen) atoms. The van der Waals surface area contributed by atoms with E-state index in [1.807, 2.05) is 12.1 Å². The molecule has 8 heteroatoms. The molecule has 0 spiro atoms. The van der Waals surface area contributed by atoms with E-state index < -0.39 is 24.3 Å². The van der Waals surface area contributed by atoms with Crippen LogP contribution < -0.4 is 10.6 Å². The number of hydrogen-bond acceptors (Lipinski definition) is 4. The van der Waals surface area contributed by atoms with Gasteiger partial charge in [-0.05, 0) is 55.0 Å². The summed E-state index contributed by atoms with van der Waals surface area (Å²) in [5.74, 6) is -1.72. The van der Waals surface area contributed by atoms with Gasteiger partial charge >= 0.3 is 5.97 Å². The lowest BCUT2D eigenvalue weighted by Crippen LogP contribution is -2.21. The first-order valence-electron chi connectivity index (χ1n) is 8.19. The van der Waals surface area contributed by atoms with Crippen molar-refractivity contribution in [1.29, 1.82) is 0 Å². The van der Waals surface area contributed by atoms with Gasteiger partial charge < -0.3 is 15.4 Å². The SMILES string of the molecule is O=C(CCCC(=O)OCC(=O)Nc1ccc(F)cc1)Nc1ccc(Br)cc1. The first-order chi connectivity index (χ1) is 12.9. The van der Waals surface area contributed by atoms with E-state index >= 15 is 0 Å². The second kappa shape index (κ2) is 10.4. The Morgan fingerprint density at radius 2 is 1.41 bits per heavy atom. The fourth-order valence-electron chi connectivity index (χ4n) is 2.10. The second-order valence-electron chi connectivity index (χ2n) is 5.62. The molecule has 2 aromatic carbocycles. The number of amides is 2. The average molecular weight is 437 g/mol. The van der Waals surface area contributed by atoms with Gasteiger partial charge in [0, 0.05) is 28.7 Å². The molecule has 0 aliphatic heterocycles. The molecule has 0 radical (unpaired) electrons. The van der Waals surface area contributed by atoms with E-state index in [9.17, 15) is 18.8 Å². The van der Waals surface area contributed by atoms with Crippen LogP contribution in [0.15, 0.2) is 53.0 Å². The van der Waals surface area contributed by atoms with E-state index in [2.05, 4.69) is 26.6 Å². The van der Waals surface area contributed by atoms with E-state index in [4.69, 9.17) is 4.74 Å². The Morgan fingerprint density at radius 3 is 2.04 bits per heavy atom. The maximum absolute atomic E-state index is 12.8. The molecule has 0 bridgehead atoms. The summed E-state index contributed by atoms with van der Waals surface area (Å²) in [6, 6.07) is 12.4. The molecule has 0 fully saturated rings. The molecule has 0 unspecified atom stereocenters. The summed E-state index contributed by atoms with van der Waals surface area (Å²) >= 11 is 3.31. The highest BCUT2D eigenvalue weighted by molar-refractivity contribution is 9.10. The first-order valence-corrected chi connectivity index (χ1v) is 8.98. The Balaban J connectivity index is 1.61. The van der Waals surface area contributed by atoms with Crippen molar-refractivity contribution in [2.24, 2.45) is 0 Å². The molecule has 0 aliphatic rings. The Morgan fingerprint density at radius 1 is 0.852 bits per heavy atom. The Hall–Kier alpha value is -2.74. The molecule has 0 heterocycles. The number of benzene rings is 2. The molecule has 0 atom stereocenters. The maximum atomic E-state index is 12.8. The van der Waals surface area contributed by atoms with Gasteiger partial charge in [-0.3, -0.25) is 14.4 Å².